The number of halogens is 1. The minimum absolute atomic E-state index is 0.0481. The molecule has 0 aliphatic heterocycles. The number of nitrogens with zero attached hydrogens (tertiary/aromatic N) is 2. The third-order valence-corrected chi connectivity index (χ3v) is 5.60. The van der Waals surface area contributed by atoms with Crippen molar-refractivity contribution in [2.24, 2.45) is 0 Å². The van der Waals surface area contributed by atoms with Crippen molar-refractivity contribution < 1.29 is 9.59 Å². The predicted molar refractivity (Wildman–Crippen MR) is 118 cm³/mol. The maximum atomic E-state index is 12.7. The van der Waals surface area contributed by atoms with E-state index in [2.05, 4.69) is 26.2 Å². The maximum Gasteiger partial charge on any atom is 0.253 e. The van der Waals surface area contributed by atoms with Crippen molar-refractivity contribution >= 4 is 39.5 Å². The summed E-state index contributed by atoms with van der Waals surface area (Å²) in [5.41, 5.74) is 2.14. The first-order valence-corrected chi connectivity index (χ1v) is 10.5. The fourth-order valence-electron chi connectivity index (χ4n) is 2.58. The Morgan fingerprint density at radius 2 is 1.76 bits per heavy atom. The Balaban J connectivity index is 1.67. The van der Waals surface area contributed by atoms with Crippen LogP contribution in [0.1, 0.15) is 26.3 Å². The van der Waals surface area contributed by atoms with E-state index in [1.807, 2.05) is 42.5 Å². The highest BCUT2D eigenvalue weighted by Crippen LogP contribution is 2.29. The van der Waals surface area contributed by atoms with Gasteiger partial charge in [-0.1, -0.05) is 36.0 Å². The molecule has 0 atom stereocenters. The number of pyridine rings is 1. The number of rotatable bonds is 6. The van der Waals surface area contributed by atoms with Crippen molar-refractivity contribution in [2.45, 2.75) is 16.5 Å². The van der Waals surface area contributed by atoms with Crippen molar-refractivity contribution in [3.63, 3.8) is 0 Å². The summed E-state index contributed by atoms with van der Waals surface area (Å²) in [6.45, 7) is 0.380. The van der Waals surface area contributed by atoms with E-state index in [0.29, 0.717) is 17.7 Å². The van der Waals surface area contributed by atoms with E-state index in [4.69, 9.17) is 0 Å². The van der Waals surface area contributed by atoms with Crippen molar-refractivity contribution in [3.05, 3.63) is 88.0 Å². The van der Waals surface area contributed by atoms with Gasteiger partial charge in [0.2, 0.25) is 0 Å². The van der Waals surface area contributed by atoms with Gasteiger partial charge in [-0.2, -0.15) is 0 Å². The Labute approximate surface area is 182 Å². The average molecular weight is 470 g/mol. The van der Waals surface area contributed by atoms with Gasteiger partial charge in [0.15, 0.2) is 0 Å². The lowest BCUT2D eigenvalue weighted by molar-refractivity contribution is 0.0827. The van der Waals surface area contributed by atoms with E-state index in [0.717, 1.165) is 20.0 Å². The molecule has 0 saturated carbocycles. The molecular weight excluding hydrogens is 450 g/mol. The molecule has 0 bridgehead atoms. The van der Waals surface area contributed by atoms with Gasteiger partial charge in [-0.25, -0.2) is 4.98 Å². The maximum absolute atomic E-state index is 12.7. The largest absolute Gasteiger partial charge is 0.348 e. The van der Waals surface area contributed by atoms with Gasteiger partial charge in [0.05, 0.1) is 5.56 Å². The standard InChI is InChI=1S/C22H20BrN3O2S/c1-26(2)22(28)16-9-7-15(8-10-16)13-25-21(27)18-5-3-4-6-19(18)29-20-12-11-17(23)14-24-20/h3-12,14H,13H2,1-2H3,(H,25,27). The number of carbonyl (C=O) groups is 2. The molecule has 7 heteroatoms. The van der Waals surface area contributed by atoms with Crippen LogP contribution in [0.3, 0.4) is 0 Å². The Bertz CT molecular complexity index is 1010. The molecule has 0 aliphatic rings. The van der Waals surface area contributed by atoms with E-state index < -0.39 is 0 Å². The normalized spacial score (nSPS) is 10.4. The first-order valence-electron chi connectivity index (χ1n) is 8.91. The minimum atomic E-state index is -0.154. The Morgan fingerprint density at radius 1 is 1.03 bits per heavy atom. The summed E-state index contributed by atoms with van der Waals surface area (Å²) in [4.78, 5) is 31.4. The highest BCUT2D eigenvalue weighted by Gasteiger charge is 2.13. The second kappa shape index (κ2) is 9.71. The molecule has 1 aromatic heterocycles. The van der Waals surface area contributed by atoms with E-state index in [-0.39, 0.29) is 11.8 Å². The van der Waals surface area contributed by atoms with Gasteiger partial charge in [0.25, 0.3) is 11.8 Å². The number of hydrogen-bond donors (Lipinski definition) is 1. The lowest BCUT2D eigenvalue weighted by atomic mass is 10.1. The molecule has 148 valence electrons. The zero-order valence-electron chi connectivity index (χ0n) is 16.1. The third-order valence-electron chi connectivity index (χ3n) is 4.11. The van der Waals surface area contributed by atoms with Crippen molar-refractivity contribution in [2.75, 3.05) is 14.1 Å². The summed E-state index contributed by atoms with van der Waals surface area (Å²) in [7, 11) is 3.44. The van der Waals surface area contributed by atoms with E-state index in [1.165, 1.54) is 16.7 Å². The van der Waals surface area contributed by atoms with Crippen LogP contribution in [0.2, 0.25) is 0 Å². The Kier molecular flexibility index (Phi) is 7.06. The van der Waals surface area contributed by atoms with E-state index in [9.17, 15) is 9.59 Å². The fourth-order valence-corrected chi connectivity index (χ4v) is 3.70. The van der Waals surface area contributed by atoms with Crippen LogP contribution >= 0.6 is 27.7 Å². The lowest BCUT2D eigenvalue weighted by Crippen LogP contribution is -2.24. The molecule has 0 fully saturated rings. The summed E-state index contributed by atoms with van der Waals surface area (Å²) >= 11 is 4.82. The van der Waals surface area contributed by atoms with Crippen LogP contribution in [-0.2, 0) is 6.54 Å². The molecule has 5 nitrogen and oxygen atoms in total. The number of hydrogen-bond acceptors (Lipinski definition) is 4. The molecule has 29 heavy (non-hydrogen) atoms. The number of aromatic nitrogens is 1. The van der Waals surface area contributed by atoms with Gasteiger partial charge in [-0.05, 0) is 57.9 Å². The molecule has 2 aromatic carbocycles. The van der Waals surface area contributed by atoms with Gasteiger partial charge in [0, 0.05) is 41.8 Å². The van der Waals surface area contributed by atoms with Gasteiger partial charge in [-0.3, -0.25) is 9.59 Å². The van der Waals surface area contributed by atoms with E-state index in [1.54, 1.807) is 38.5 Å². The highest BCUT2D eigenvalue weighted by molar-refractivity contribution is 9.10. The first kappa shape index (κ1) is 21.1. The van der Waals surface area contributed by atoms with Crippen LogP contribution in [-0.4, -0.2) is 35.8 Å². The van der Waals surface area contributed by atoms with E-state index >= 15 is 0 Å². The second-order valence-corrected chi connectivity index (χ2v) is 8.47. The van der Waals surface area contributed by atoms with Gasteiger partial charge >= 0.3 is 0 Å². The van der Waals surface area contributed by atoms with Crippen LogP contribution in [0, 0.1) is 0 Å². The number of amides is 2. The molecular formula is C22H20BrN3O2S. The smallest absolute Gasteiger partial charge is 0.253 e. The van der Waals surface area contributed by atoms with Crippen molar-refractivity contribution in [3.8, 4) is 0 Å². The van der Waals surface area contributed by atoms with Crippen LogP contribution in [0.5, 0.6) is 0 Å². The molecule has 0 saturated heterocycles. The summed E-state index contributed by atoms with van der Waals surface area (Å²) < 4.78 is 0.908. The second-order valence-electron chi connectivity index (χ2n) is 6.49. The molecule has 1 N–H and O–H groups in total. The van der Waals surface area contributed by atoms with Crippen LogP contribution in [0.25, 0.3) is 0 Å². The molecule has 2 amide bonds. The molecule has 0 aliphatic carbocycles. The number of carbonyl (C=O) groups excluding carboxylic acids is 2. The molecule has 0 radical (unpaired) electrons. The number of nitrogens with one attached hydrogen (secondary N) is 1. The number of benzene rings is 2. The minimum Gasteiger partial charge on any atom is -0.348 e. The SMILES string of the molecule is CN(C)C(=O)c1ccc(CNC(=O)c2ccccc2Sc2ccc(Br)cn2)cc1. The zero-order chi connectivity index (χ0) is 20.8. The van der Waals surface area contributed by atoms with Gasteiger partial charge in [-0.15, -0.1) is 0 Å². The van der Waals surface area contributed by atoms with Gasteiger partial charge < -0.3 is 10.2 Å². The zero-order valence-corrected chi connectivity index (χ0v) is 18.5. The average Bonchev–Trinajstić information content (AvgIpc) is 2.74. The third kappa shape index (κ3) is 5.68. The van der Waals surface area contributed by atoms with Crippen LogP contribution < -0.4 is 5.32 Å². The van der Waals surface area contributed by atoms with Crippen molar-refractivity contribution in [1.82, 2.24) is 15.2 Å². The van der Waals surface area contributed by atoms with Crippen LogP contribution in [0.15, 0.2) is 81.3 Å². The molecule has 0 unspecified atom stereocenters. The summed E-state index contributed by atoms with van der Waals surface area (Å²) in [6.07, 6.45) is 1.73. The topological polar surface area (TPSA) is 62.3 Å². The summed E-state index contributed by atoms with van der Waals surface area (Å²) in [6, 6.07) is 18.5. The fraction of sp³-hybridized carbons (Fsp3) is 0.136. The van der Waals surface area contributed by atoms with Gasteiger partial charge in [0.1, 0.15) is 5.03 Å². The summed E-state index contributed by atoms with van der Waals surface area (Å²) in [5.74, 6) is -0.202. The van der Waals surface area contributed by atoms with Crippen LogP contribution in [0.4, 0.5) is 0 Å². The quantitative estimate of drug-likeness (QED) is 0.571. The highest BCUT2D eigenvalue weighted by atomic mass is 79.9. The molecule has 3 rings (SSSR count). The lowest BCUT2D eigenvalue weighted by Gasteiger charge is -2.12. The Morgan fingerprint density at radius 3 is 2.41 bits per heavy atom. The molecule has 0 spiro atoms. The Hall–Kier alpha value is -2.64. The summed E-state index contributed by atoms with van der Waals surface area (Å²) in [5, 5.41) is 3.76. The predicted octanol–water partition coefficient (Wildman–Crippen LogP) is 4.63. The molecule has 3 aromatic rings. The molecule has 1 heterocycles. The monoisotopic (exact) mass is 469 g/mol. The van der Waals surface area contributed by atoms with Crippen molar-refractivity contribution in [1.29, 1.82) is 0 Å². The first-order chi connectivity index (χ1) is 13.9.